The van der Waals surface area contributed by atoms with Gasteiger partial charge in [0, 0.05) is 50.4 Å². The third kappa shape index (κ3) is 3.35. The standard InChI is InChI=1S/C17H20ClN5O2S/c1-26(24)13-10-22-17(15-14(13)19-4-7-25-15)23-5-2-11(3-6-23)16-20-8-12(18)9-21-16/h8-11,19H,2-7H2,1H3/t26-/m1/s1. The van der Waals surface area contributed by atoms with Gasteiger partial charge in [-0.15, -0.1) is 0 Å². The number of nitrogens with zero attached hydrogens (tertiary/aromatic N) is 4. The molecular formula is C17H20ClN5O2S. The summed E-state index contributed by atoms with van der Waals surface area (Å²) < 4.78 is 17.9. The van der Waals surface area contributed by atoms with Gasteiger partial charge in [-0.05, 0) is 12.8 Å². The lowest BCUT2D eigenvalue weighted by Gasteiger charge is -2.34. The number of halogens is 1. The molecule has 2 aromatic heterocycles. The molecule has 2 aliphatic heterocycles. The summed E-state index contributed by atoms with van der Waals surface area (Å²) in [5.41, 5.74) is 0.810. The fraction of sp³-hybridized carbons (Fsp3) is 0.471. The number of fused-ring (bicyclic) bond motifs is 1. The van der Waals surface area contributed by atoms with Gasteiger partial charge in [0.05, 0.1) is 26.4 Å². The second-order valence-corrected chi connectivity index (χ2v) is 8.18. The van der Waals surface area contributed by atoms with Gasteiger partial charge < -0.3 is 15.0 Å². The normalized spacial score (nSPS) is 18.6. The van der Waals surface area contributed by atoms with Crippen LogP contribution in [-0.2, 0) is 10.8 Å². The molecule has 0 aliphatic carbocycles. The molecule has 0 amide bonds. The van der Waals surface area contributed by atoms with Crippen molar-refractivity contribution in [2.45, 2.75) is 23.7 Å². The van der Waals surface area contributed by atoms with E-state index in [1.54, 1.807) is 24.8 Å². The molecular weight excluding hydrogens is 374 g/mol. The topological polar surface area (TPSA) is 80.2 Å². The molecule has 4 rings (SSSR count). The third-order valence-corrected chi connectivity index (χ3v) is 5.86. The van der Waals surface area contributed by atoms with Gasteiger partial charge in [0.15, 0.2) is 11.6 Å². The van der Waals surface area contributed by atoms with Crippen LogP contribution in [0.25, 0.3) is 0 Å². The summed E-state index contributed by atoms with van der Waals surface area (Å²) in [5, 5.41) is 3.87. The molecule has 0 saturated carbocycles. The first-order valence-corrected chi connectivity index (χ1v) is 10.5. The molecule has 7 nitrogen and oxygen atoms in total. The van der Waals surface area contributed by atoms with Crippen LogP contribution in [0.15, 0.2) is 23.5 Å². The predicted molar refractivity (Wildman–Crippen MR) is 102 cm³/mol. The van der Waals surface area contributed by atoms with E-state index in [9.17, 15) is 4.21 Å². The summed E-state index contributed by atoms with van der Waals surface area (Å²) in [6.07, 6.45) is 8.53. The highest BCUT2D eigenvalue weighted by Crippen LogP contribution is 2.41. The predicted octanol–water partition coefficient (Wildman–Crippen LogP) is 2.45. The van der Waals surface area contributed by atoms with E-state index < -0.39 is 10.8 Å². The Morgan fingerprint density at radius 3 is 2.65 bits per heavy atom. The van der Waals surface area contributed by atoms with Gasteiger partial charge >= 0.3 is 0 Å². The number of piperidine rings is 1. The van der Waals surface area contributed by atoms with Gasteiger partial charge in [-0.2, -0.15) is 0 Å². The van der Waals surface area contributed by atoms with Crippen molar-refractivity contribution in [3.05, 3.63) is 29.4 Å². The van der Waals surface area contributed by atoms with Crippen molar-refractivity contribution in [2.75, 3.05) is 42.7 Å². The van der Waals surface area contributed by atoms with Crippen LogP contribution < -0.4 is 15.0 Å². The number of anilines is 2. The summed E-state index contributed by atoms with van der Waals surface area (Å²) in [7, 11) is -1.12. The lowest BCUT2D eigenvalue weighted by atomic mass is 9.96. The molecule has 0 spiro atoms. The third-order valence-electron chi connectivity index (χ3n) is 4.74. The second-order valence-electron chi connectivity index (χ2n) is 6.40. The largest absolute Gasteiger partial charge is 0.486 e. The van der Waals surface area contributed by atoms with Crippen molar-refractivity contribution in [3.63, 3.8) is 0 Å². The van der Waals surface area contributed by atoms with E-state index in [0.29, 0.717) is 34.7 Å². The van der Waals surface area contributed by atoms with Gasteiger partial charge in [0.2, 0.25) is 0 Å². The molecule has 138 valence electrons. The minimum atomic E-state index is -1.12. The Balaban J connectivity index is 1.54. The first kappa shape index (κ1) is 17.5. The van der Waals surface area contributed by atoms with Crippen molar-refractivity contribution in [1.82, 2.24) is 15.0 Å². The minimum Gasteiger partial charge on any atom is -0.486 e. The Morgan fingerprint density at radius 1 is 1.23 bits per heavy atom. The first-order chi connectivity index (χ1) is 12.6. The molecule has 0 unspecified atom stereocenters. The monoisotopic (exact) mass is 393 g/mol. The average molecular weight is 394 g/mol. The van der Waals surface area contributed by atoms with Crippen LogP contribution in [0.2, 0.25) is 5.02 Å². The summed E-state index contributed by atoms with van der Waals surface area (Å²) >= 11 is 5.87. The Kier molecular flexibility index (Phi) is 4.95. The smallest absolute Gasteiger partial charge is 0.186 e. The van der Waals surface area contributed by atoms with E-state index in [0.717, 1.165) is 43.3 Å². The molecule has 1 fully saturated rings. The molecule has 2 aromatic rings. The lowest BCUT2D eigenvalue weighted by Crippen LogP contribution is -2.35. The summed E-state index contributed by atoms with van der Waals surface area (Å²) in [6, 6.07) is 0. The molecule has 0 aromatic carbocycles. The van der Waals surface area contributed by atoms with Crippen molar-refractivity contribution < 1.29 is 8.95 Å². The molecule has 1 saturated heterocycles. The molecule has 1 N–H and O–H groups in total. The van der Waals surface area contributed by atoms with E-state index >= 15 is 0 Å². The molecule has 0 radical (unpaired) electrons. The maximum absolute atomic E-state index is 12.0. The van der Waals surface area contributed by atoms with Gasteiger partial charge in [0.1, 0.15) is 12.4 Å². The van der Waals surface area contributed by atoms with Crippen LogP contribution in [0.5, 0.6) is 5.75 Å². The Bertz CT molecular complexity index is 825. The summed E-state index contributed by atoms with van der Waals surface area (Å²) in [4.78, 5) is 16.2. The van der Waals surface area contributed by atoms with E-state index in [1.807, 2.05) is 0 Å². The van der Waals surface area contributed by atoms with Gasteiger partial charge in [0.25, 0.3) is 0 Å². The number of pyridine rings is 1. The van der Waals surface area contributed by atoms with Gasteiger partial charge in [-0.1, -0.05) is 11.6 Å². The maximum atomic E-state index is 12.0. The molecule has 1 atom stereocenters. The van der Waals surface area contributed by atoms with Crippen molar-refractivity contribution >= 4 is 33.9 Å². The summed E-state index contributed by atoms with van der Waals surface area (Å²) in [5.74, 6) is 2.70. The van der Waals surface area contributed by atoms with Crippen LogP contribution in [0, 0.1) is 0 Å². The molecule has 0 bridgehead atoms. The zero-order valence-corrected chi connectivity index (χ0v) is 16.0. The number of hydrogen-bond donors (Lipinski definition) is 1. The highest BCUT2D eigenvalue weighted by atomic mass is 35.5. The molecule has 2 aliphatic rings. The quantitative estimate of drug-likeness (QED) is 0.857. The maximum Gasteiger partial charge on any atom is 0.186 e. The Labute approximate surface area is 159 Å². The zero-order valence-electron chi connectivity index (χ0n) is 14.4. The van der Waals surface area contributed by atoms with E-state index in [1.165, 1.54) is 0 Å². The van der Waals surface area contributed by atoms with E-state index in [2.05, 4.69) is 25.2 Å². The van der Waals surface area contributed by atoms with Crippen LogP contribution in [-0.4, -0.2) is 51.7 Å². The molecule has 26 heavy (non-hydrogen) atoms. The zero-order chi connectivity index (χ0) is 18.1. The molecule has 9 heteroatoms. The fourth-order valence-corrected chi connectivity index (χ4v) is 4.18. The number of rotatable bonds is 3. The van der Waals surface area contributed by atoms with Crippen LogP contribution in [0.3, 0.4) is 0 Å². The Hall–Kier alpha value is -1.93. The van der Waals surface area contributed by atoms with Crippen LogP contribution in [0.1, 0.15) is 24.6 Å². The van der Waals surface area contributed by atoms with Crippen LogP contribution in [0.4, 0.5) is 11.5 Å². The highest BCUT2D eigenvalue weighted by molar-refractivity contribution is 7.84. The Morgan fingerprint density at radius 2 is 1.96 bits per heavy atom. The number of hydrogen-bond acceptors (Lipinski definition) is 7. The average Bonchev–Trinajstić information content (AvgIpc) is 2.68. The fourth-order valence-electron chi connectivity index (χ4n) is 3.43. The number of aromatic nitrogens is 3. The van der Waals surface area contributed by atoms with Crippen molar-refractivity contribution in [2.24, 2.45) is 0 Å². The van der Waals surface area contributed by atoms with E-state index in [4.69, 9.17) is 16.3 Å². The summed E-state index contributed by atoms with van der Waals surface area (Å²) in [6.45, 7) is 2.97. The first-order valence-electron chi connectivity index (χ1n) is 8.59. The lowest BCUT2D eigenvalue weighted by molar-refractivity contribution is 0.319. The van der Waals surface area contributed by atoms with Gasteiger partial charge in [-0.3, -0.25) is 4.21 Å². The van der Waals surface area contributed by atoms with Gasteiger partial charge in [-0.25, -0.2) is 15.0 Å². The number of ether oxygens (including phenoxy) is 1. The minimum absolute atomic E-state index is 0.320. The van der Waals surface area contributed by atoms with Crippen molar-refractivity contribution in [3.8, 4) is 5.75 Å². The number of nitrogens with one attached hydrogen (secondary N) is 1. The van der Waals surface area contributed by atoms with Crippen molar-refractivity contribution in [1.29, 1.82) is 0 Å². The second kappa shape index (κ2) is 7.36. The molecule has 4 heterocycles. The van der Waals surface area contributed by atoms with E-state index in [-0.39, 0.29) is 0 Å². The highest BCUT2D eigenvalue weighted by Gasteiger charge is 2.28. The van der Waals surface area contributed by atoms with Crippen LogP contribution >= 0.6 is 11.6 Å². The SMILES string of the molecule is C[S@@](=O)c1cnc(N2CCC(c3ncc(Cl)cn3)CC2)c2c1NCCO2.